The van der Waals surface area contributed by atoms with E-state index in [1.807, 2.05) is 19.2 Å². The van der Waals surface area contributed by atoms with Gasteiger partial charge >= 0.3 is 0 Å². The van der Waals surface area contributed by atoms with E-state index in [1.54, 1.807) is 30.5 Å². The van der Waals surface area contributed by atoms with Gasteiger partial charge in [0, 0.05) is 37.6 Å². The lowest BCUT2D eigenvalue weighted by molar-refractivity contribution is 0.0741. The van der Waals surface area contributed by atoms with E-state index >= 15 is 0 Å². The first-order chi connectivity index (χ1) is 9.63. The smallest absolute Gasteiger partial charge is 0.257 e. The Hall–Kier alpha value is -2.02. The molecule has 6 nitrogen and oxygen atoms in total. The van der Waals surface area contributed by atoms with Crippen molar-refractivity contribution < 1.29 is 4.79 Å². The Morgan fingerprint density at radius 3 is 2.65 bits per heavy atom. The largest absolute Gasteiger partial charge is 0.355 e. The Morgan fingerprint density at radius 1 is 1.40 bits per heavy atom. The van der Waals surface area contributed by atoms with Crippen molar-refractivity contribution in [2.24, 2.45) is 0 Å². The zero-order chi connectivity index (χ0) is 14.5. The zero-order valence-electron chi connectivity index (χ0n) is 11.7. The third-order valence-electron chi connectivity index (χ3n) is 2.94. The second-order valence-electron chi connectivity index (χ2n) is 4.29. The fourth-order valence-corrected chi connectivity index (χ4v) is 2.41. The van der Waals surface area contributed by atoms with E-state index < -0.39 is 0 Å². The van der Waals surface area contributed by atoms with Crippen molar-refractivity contribution >= 4 is 23.2 Å². The summed E-state index contributed by atoms with van der Waals surface area (Å²) in [6, 6.07) is -0.0732. The van der Waals surface area contributed by atoms with Crippen LogP contribution in [0.25, 0.3) is 0 Å². The fourth-order valence-electron chi connectivity index (χ4n) is 1.67. The normalized spacial score (nSPS) is 11.9. The predicted molar refractivity (Wildman–Crippen MR) is 78.8 cm³/mol. The molecule has 1 amide bonds. The van der Waals surface area contributed by atoms with E-state index in [2.05, 4.69) is 20.3 Å². The molecule has 1 atom stereocenters. The number of rotatable bonds is 5. The van der Waals surface area contributed by atoms with Gasteiger partial charge < -0.3 is 10.2 Å². The second kappa shape index (κ2) is 6.42. The monoisotopic (exact) mass is 291 g/mol. The number of hydrogen-bond acceptors (Lipinski definition) is 6. The van der Waals surface area contributed by atoms with Crippen molar-refractivity contribution in [3.63, 3.8) is 0 Å². The molecule has 0 spiro atoms. The van der Waals surface area contributed by atoms with Gasteiger partial charge in [-0.2, -0.15) is 0 Å². The lowest BCUT2D eigenvalue weighted by Crippen LogP contribution is -2.29. The van der Waals surface area contributed by atoms with Crippen LogP contribution in [0.3, 0.4) is 0 Å². The maximum atomic E-state index is 12.4. The first-order valence-electron chi connectivity index (χ1n) is 6.36. The molecular formula is C13H17N5OS. The molecule has 0 bridgehead atoms. The van der Waals surface area contributed by atoms with E-state index in [9.17, 15) is 4.79 Å². The van der Waals surface area contributed by atoms with Crippen LogP contribution in [0.4, 0.5) is 5.95 Å². The number of nitrogens with one attached hydrogen (secondary N) is 1. The van der Waals surface area contributed by atoms with Crippen LogP contribution in [0.2, 0.25) is 0 Å². The minimum absolute atomic E-state index is 0.0732. The lowest BCUT2D eigenvalue weighted by Gasteiger charge is -2.23. The van der Waals surface area contributed by atoms with E-state index in [0.29, 0.717) is 11.5 Å². The maximum absolute atomic E-state index is 12.4. The van der Waals surface area contributed by atoms with Crippen molar-refractivity contribution in [3.8, 4) is 0 Å². The highest BCUT2D eigenvalue weighted by atomic mass is 32.1. The number of nitrogens with zero attached hydrogens (tertiary/aromatic N) is 4. The topological polar surface area (TPSA) is 71.0 Å². The Balaban J connectivity index is 2.10. The second-order valence-corrected chi connectivity index (χ2v) is 5.21. The van der Waals surface area contributed by atoms with Crippen molar-refractivity contribution in [1.82, 2.24) is 19.9 Å². The average molecular weight is 291 g/mol. The van der Waals surface area contributed by atoms with E-state index in [1.165, 1.54) is 11.3 Å². The molecule has 0 aliphatic rings. The third-order valence-corrected chi connectivity index (χ3v) is 3.89. The standard InChI is InChI=1S/C13H17N5OS/c1-4-14-13-16-7-10(8-17-13)12(19)18(3)9(2)11-15-5-6-20-11/h5-9H,4H2,1-3H3,(H,14,16,17)/t9-/m0/s1. The van der Waals surface area contributed by atoms with Gasteiger partial charge in [0.1, 0.15) is 5.01 Å². The first kappa shape index (κ1) is 14.4. The van der Waals surface area contributed by atoms with Gasteiger partial charge in [-0.05, 0) is 13.8 Å². The highest BCUT2D eigenvalue weighted by Crippen LogP contribution is 2.22. The van der Waals surface area contributed by atoms with Crippen LogP contribution in [-0.2, 0) is 0 Å². The van der Waals surface area contributed by atoms with Crippen LogP contribution in [0, 0.1) is 0 Å². The molecular weight excluding hydrogens is 274 g/mol. The fraction of sp³-hybridized carbons (Fsp3) is 0.385. The number of carbonyl (C=O) groups is 1. The van der Waals surface area contributed by atoms with Crippen LogP contribution in [-0.4, -0.2) is 39.4 Å². The van der Waals surface area contributed by atoms with Gasteiger partial charge in [0.05, 0.1) is 11.6 Å². The molecule has 2 aromatic rings. The van der Waals surface area contributed by atoms with Crippen molar-refractivity contribution in [1.29, 1.82) is 0 Å². The summed E-state index contributed by atoms with van der Waals surface area (Å²) in [5.74, 6) is 0.412. The number of hydrogen-bond donors (Lipinski definition) is 1. The summed E-state index contributed by atoms with van der Waals surface area (Å²) in [6.45, 7) is 4.66. The van der Waals surface area contributed by atoms with Crippen LogP contribution in [0.1, 0.15) is 35.3 Å². The number of amides is 1. The summed E-state index contributed by atoms with van der Waals surface area (Å²) in [5, 5.41) is 5.80. The zero-order valence-corrected chi connectivity index (χ0v) is 12.5. The number of anilines is 1. The van der Waals surface area contributed by atoms with Gasteiger partial charge in [0.25, 0.3) is 5.91 Å². The van der Waals surface area contributed by atoms with Gasteiger partial charge in [0.15, 0.2) is 0 Å². The minimum Gasteiger partial charge on any atom is -0.355 e. The molecule has 0 aliphatic carbocycles. The minimum atomic E-state index is -0.115. The SMILES string of the molecule is CCNc1ncc(C(=O)N(C)[C@@H](C)c2nccs2)cn1. The maximum Gasteiger partial charge on any atom is 0.257 e. The molecule has 20 heavy (non-hydrogen) atoms. The average Bonchev–Trinajstić information content (AvgIpc) is 3.00. The van der Waals surface area contributed by atoms with E-state index in [0.717, 1.165) is 11.6 Å². The Bertz CT molecular complexity index is 555. The molecule has 0 aromatic carbocycles. The molecule has 2 heterocycles. The molecule has 0 saturated carbocycles. The molecule has 2 aromatic heterocycles. The Kier molecular flexibility index (Phi) is 4.62. The molecule has 0 saturated heterocycles. The first-order valence-corrected chi connectivity index (χ1v) is 7.24. The van der Waals surface area contributed by atoms with Gasteiger partial charge in [-0.3, -0.25) is 4.79 Å². The van der Waals surface area contributed by atoms with Crippen LogP contribution < -0.4 is 5.32 Å². The van der Waals surface area contributed by atoms with Crippen LogP contribution in [0.5, 0.6) is 0 Å². The molecule has 7 heteroatoms. The molecule has 0 aliphatic heterocycles. The van der Waals surface area contributed by atoms with Crippen molar-refractivity contribution in [2.45, 2.75) is 19.9 Å². The predicted octanol–water partition coefficient (Wildman–Crippen LogP) is 2.20. The number of thiazole rings is 1. The molecule has 0 unspecified atom stereocenters. The highest BCUT2D eigenvalue weighted by molar-refractivity contribution is 7.09. The highest BCUT2D eigenvalue weighted by Gasteiger charge is 2.21. The number of carbonyl (C=O) groups excluding carboxylic acids is 1. The van der Waals surface area contributed by atoms with Gasteiger partial charge in [-0.25, -0.2) is 15.0 Å². The summed E-state index contributed by atoms with van der Waals surface area (Å²) in [5.41, 5.74) is 0.470. The van der Waals surface area contributed by atoms with Crippen LogP contribution >= 0.6 is 11.3 Å². The molecule has 0 radical (unpaired) electrons. The molecule has 1 N–H and O–H groups in total. The van der Waals surface area contributed by atoms with E-state index in [-0.39, 0.29) is 11.9 Å². The summed E-state index contributed by atoms with van der Waals surface area (Å²) < 4.78 is 0. The summed E-state index contributed by atoms with van der Waals surface area (Å²) >= 11 is 1.53. The van der Waals surface area contributed by atoms with Crippen molar-refractivity contribution in [2.75, 3.05) is 18.9 Å². The Morgan fingerprint density at radius 2 is 2.10 bits per heavy atom. The lowest BCUT2D eigenvalue weighted by atomic mass is 10.2. The third kappa shape index (κ3) is 3.11. The number of aromatic nitrogens is 3. The summed E-state index contributed by atoms with van der Waals surface area (Å²) in [4.78, 5) is 26.5. The summed E-state index contributed by atoms with van der Waals surface area (Å²) in [7, 11) is 1.76. The molecule has 106 valence electrons. The molecule has 0 fully saturated rings. The van der Waals surface area contributed by atoms with E-state index in [4.69, 9.17) is 0 Å². The Labute approximate surface area is 121 Å². The van der Waals surface area contributed by atoms with Gasteiger partial charge in [-0.1, -0.05) is 0 Å². The van der Waals surface area contributed by atoms with Gasteiger partial charge in [-0.15, -0.1) is 11.3 Å². The molecule has 2 rings (SSSR count). The van der Waals surface area contributed by atoms with Gasteiger partial charge in [0.2, 0.25) is 5.95 Å². The quantitative estimate of drug-likeness (QED) is 0.914. The van der Waals surface area contributed by atoms with Crippen LogP contribution in [0.15, 0.2) is 24.0 Å². The van der Waals surface area contributed by atoms with Crippen molar-refractivity contribution in [3.05, 3.63) is 34.5 Å². The summed E-state index contributed by atoms with van der Waals surface area (Å²) in [6.07, 6.45) is 4.82.